The van der Waals surface area contributed by atoms with Crippen molar-refractivity contribution in [1.82, 2.24) is 14.6 Å². The molecular formula is C14H9F3N4O3. The number of anilines is 1. The van der Waals surface area contributed by atoms with Gasteiger partial charge in [0.2, 0.25) is 0 Å². The first-order valence-electron chi connectivity index (χ1n) is 6.54. The van der Waals surface area contributed by atoms with Crippen molar-refractivity contribution in [2.45, 2.75) is 6.36 Å². The van der Waals surface area contributed by atoms with E-state index in [2.05, 4.69) is 14.8 Å². The number of carboxylic acid groups (broad SMARTS) is 1. The van der Waals surface area contributed by atoms with Gasteiger partial charge < -0.3 is 9.84 Å². The van der Waals surface area contributed by atoms with Gasteiger partial charge in [-0.25, -0.2) is 9.31 Å². The zero-order valence-corrected chi connectivity index (χ0v) is 11.8. The van der Waals surface area contributed by atoms with Crippen LogP contribution in [0.3, 0.4) is 0 Å². The fourth-order valence-electron chi connectivity index (χ4n) is 2.12. The second-order valence-corrected chi connectivity index (χ2v) is 4.62. The number of halogens is 3. The van der Waals surface area contributed by atoms with Crippen LogP contribution in [0.4, 0.5) is 23.9 Å². The molecule has 3 aromatic rings. The number of aromatic nitrogens is 3. The molecule has 0 fully saturated rings. The van der Waals surface area contributed by atoms with Gasteiger partial charge in [0.25, 0.3) is 5.95 Å². The first kappa shape index (κ1) is 15.6. The van der Waals surface area contributed by atoms with Gasteiger partial charge in [-0.3, -0.25) is 5.32 Å². The number of pyridine rings is 1. The van der Waals surface area contributed by atoms with Crippen molar-refractivity contribution < 1.29 is 27.8 Å². The zero-order chi connectivity index (χ0) is 17.3. The Hall–Kier alpha value is -3.30. The van der Waals surface area contributed by atoms with Crippen LogP contribution in [-0.4, -0.2) is 32.2 Å². The van der Waals surface area contributed by atoms with E-state index in [1.54, 1.807) is 24.3 Å². The van der Waals surface area contributed by atoms with Gasteiger partial charge in [0.15, 0.2) is 5.65 Å². The van der Waals surface area contributed by atoms with E-state index in [0.717, 1.165) is 0 Å². The second-order valence-electron chi connectivity index (χ2n) is 4.62. The van der Waals surface area contributed by atoms with Gasteiger partial charge >= 0.3 is 12.5 Å². The second kappa shape index (κ2) is 5.72. The largest absolute Gasteiger partial charge is 0.573 e. The maximum absolute atomic E-state index is 12.3. The van der Waals surface area contributed by atoms with Crippen molar-refractivity contribution in [3.05, 3.63) is 42.5 Å². The summed E-state index contributed by atoms with van der Waals surface area (Å²) in [6.07, 6.45) is -6.12. The van der Waals surface area contributed by atoms with Crippen LogP contribution in [0.25, 0.3) is 16.9 Å². The number of hydrogen-bond acceptors (Lipinski definition) is 4. The normalized spacial score (nSPS) is 11.5. The molecule has 0 aliphatic rings. The van der Waals surface area contributed by atoms with Crippen molar-refractivity contribution in [2.75, 3.05) is 5.32 Å². The van der Waals surface area contributed by atoms with Crippen molar-refractivity contribution >= 4 is 17.7 Å². The molecule has 0 radical (unpaired) electrons. The Kier molecular flexibility index (Phi) is 3.72. The average molecular weight is 338 g/mol. The number of nitrogens with zero attached hydrogens (tertiary/aromatic N) is 3. The summed E-state index contributed by atoms with van der Waals surface area (Å²) in [5.41, 5.74) is 1.15. The van der Waals surface area contributed by atoms with E-state index in [-0.39, 0.29) is 11.7 Å². The minimum atomic E-state index is -4.80. The van der Waals surface area contributed by atoms with Gasteiger partial charge in [-0.05, 0) is 24.3 Å². The van der Waals surface area contributed by atoms with E-state index in [1.165, 1.54) is 22.7 Å². The highest BCUT2D eigenvalue weighted by Gasteiger charge is 2.31. The molecular weight excluding hydrogens is 329 g/mol. The van der Waals surface area contributed by atoms with Crippen LogP contribution in [0.15, 0.2) is 42.5 Å². The Balaban J connectivity index is 2.04. The van der Waals surface area contributed by atoms with Crippen LogP contribution in [0.2, 0.25) is 0 Å². The van der Waals surface area contributed by atoms with Crippen LogP contribution in [0.5, 0.6) is 5.75 Å². The van der Waals surface area contributed by atoms with Crippen LogP contribution < -0.4 is 10.1 Å². The molecule has 0 atom stereocenters. The lowest BCUT2D eigenvalue weighted by atomic mass is 10.1. The lowest BCUT2D eigenvalue weighted by Crippen LogP contribution is -2.17. The standard InChI is InChI=1S/C14H9F3N4O3/c15-14(16,17)24-9-4-1-3-8(7-9)10-5-2-6-11-18-12(19-13(22)23)20-21(10)11/h1-7H,(H,19,20)(H,22,23). The molecule has 0 aliphatic carbocycles. The molecule has 0 bridgehead atoms. The van der Waals surface area contributed by atoms with Crippen molar-refractivity contribution in [2.24, 2.45) is 0 Å². The summed E-state index contributed by atoms with van der Waals surface area (Å²) >= 11 is 0. The molecule has 10 heteroatoms. The fourth-order valence-corrected chi connectivity index (χ4v) is 2.12. The average Bonchev–Trinajstić information content (AvgIpc) is 2.86. The third-order valence-corrected chi connectivity index (χ3v) is 2.94. The number of benzene rings is 1. The van der Waals surface area contributed by atoms with Crippen LogP contribution in [-0.2, 0) is 0 Å². The van der Waals surface area contributed by atoms with Crippen LogP contribution in [0, 0.1) is 0 Å². The Morgan fingerprint density at radius 1 is 1.21 bits per heavy atom. The van der Waals surface area contributed by atoms with Gasteiger partial charge in [0, 0.05) is 5.56 Å². The summed E-state index contributed by atoms with van der Waals surface area (Å²) in [7, 11) is 0. The first-order valence-corrected chi connectivity index (χ1v) is 6.54. The highest BCUT2D eigenvalue weighted by atomic mass is 19.4. The predicted molar refractivity (Wildman–Crippen MR) is 76.8 cm³/mol. The Morgan fingerprint density at radius 2 is 1.96 bits per heavy atom. The van der Waals surface area contributed by atoms with Crippen molar-refractivity contribution in [3.63, 3.8) is 0 Å². The molecule has 1 amide bonds. The van der Waals surface area contributed by atoms with Gasteiger partial charge in [-0.1, -0.05) is 18.2 Å². The molecule has 0 saturated heterocycles. The van der Waals surface area contributed by atoms with E-state index in [4.69, 9.17) is 5.11 Å². The monoisotopic (exact) mass is 338 g/mol. The summed E-state index contributed by atoms with van der Waals surface area (Å²) in [6.45, 7) is 0. The smallest absolute Gasteiger partial charge is 0.465 e. The van der Waals surface area contributed by atoms with Gasteiger partial charge in [-0.2, -0.15) is 4.98 Å². The molecule has 3 rings (SSSR count). The fraction of sp³-hybridized carbons (Fsp3) is 0.0714. The Bertz CT molecular complexity index is 908. The molecule has 0 spiro atoms. The minimum Gasteiger partial charge on any atom is -0.465 e. The Labute approximate surface area is 132 Å². The summed E-state index contributed by atoms with van der Waals surface area (Å²) in [5, 5.41) is 14.7. The lowest BCUT2D eigenvalue weighted by molar-refractivity contribution is -0.274. The molecule has 7 nitrogen and oxygen atoms in total. The number of hydrogen-bond donors (Lipinski definition) is 2. The minimum absolute atomic E-state index is 0.141. The number of alkyl halides is 3. The zero-order valence-electron chi connectivity index (χ0n) is 11.8. The molecule has 2 aromatic heterocycles. The van der Waals surface area contributed by atoms with Crippen molar-refractivity contribution in [3.8, 4) is 17.0 Å². The van der Waals surface area contributed by atoms with Gasteiger partial charge in [-0.15, -0.1) is 18.3 Å². The predicted octanol–water partition coefficient (Wildman–Crippen LogP) is 3.38. The molecule has 0 saturated carbocycles. The van der Waals surface area contributed by atoms with E-state index in [9.17, 15) is 18.0 Å². The lowest BCUT2D eigenvalue weighted by Gasteiger charge is -2.10. The molecule has 24 heavy (non-hydrogen) atoms. The number of rotatable bonds is 3. The van der Waals surface area contributed by atoms with Crippen LogP contribution >= 0.6 is 0 Å². The number of fused-ring (bicyclic) bond motifs is 1. The van der Waals surface area contributed by atoms with Gasteiger partial charge in [0.1, 0.15) is 5.75 Å². The molecule has 0 unspecified atom stereocenters. The Morgan fingerprint density at radius 3 is 2.67 bits per heavy atom. The highest BCUT2D eigenvalue weighted by Crippen LogP contribution is 2.28. The molecule has 1 aromatic carbocycles. The molecule has 2 N–H and O–H groups in total. The maximum atomic E-state index is 12.3. The summed E-state index contributed by atoms with van der Waals surface area (Å²) in [5.74, 6) is -0.515. The SMILES string of the molecule is O=C(O)Nc1nc2cccc(-c3cccc(OC(F)(F)F)c3)n2n1. The number of ether oxygens (including phenoxy) is 1. The van der Waals surface area contributed by atoms with E-state index in [0.29, 0.717) is 16.9 Å². The van der Waals surface area contributed by atoms with Crippen molar-refractivity contribution in [1.29, 1.82) is 0 Å². The number of carbonyl (C=O) groups is 1. The van der Waals surface area contributed by atoms with E-state index >= 15 is 0 Å². The molecule has 2 heterocycles. The van der Waals surface area contributed by atoms with E-state index in [1.807, 2.05) is 5.32 Å². The van der Waals surface area contributed by atoms with Crippen LogP contribution in [0.1, 0.15) is 0 Å². The third kappa shape index (κ3) is 3.37. The quantitative estimate of drug-likeness (QED) is 0.764. The van der Waals surface area contributed by atoms with E-state index < -0.39 is 12.5 Å². The highest BCUT2D eigenvalue weighted by molar-refractivity contribution is 5.80. The number of amides is 1. The first-order chi connectivity index (χ1) is 11.3. The third-order valence-electron chi connectivity index (χ3n) is 2.94. The summed E-state index contributed by atoms with van der Waals surface area (Å²) < 4.78 is 42.2. The molecule has 124 valence electrons. The summed E-state index contributed by atoms with van der Waals surface area (Å²) in [6, 6.07) is 10.2. The molecule has 0 aliphatic heterocycles. The summed E-state index contributed by atoms with van der Waals surface area (Å²) in [4.78, 5) is 14.6. The topological polar surface area (TPSA) is 88.8 Å². The number of nitrogens with one attached hydrogen (secondary N) is 1. The van der Waals surface area contributed by atoms with Gasteiger partial charge in [0.05, 0.1) is 5.69 Å². The maximum Gasteiger partial charge on any atom is 0.573 e.